The second-order valence-corrected chi connectivity index (χ2v) is 5.82. The molecule has 4 heteroatoms. The Bertz CT molecular complexity index is 410. The number of nitrogens with one attached hydrogen (secondary N) is 1. The molecule has 1 fully saturated rings. The first-order chi connectivity index (χ1) is 8.11. The summed E-state index contributed by atoms with van der Waals surface area (Å²) in [4.78, 5) is 12.1. The van der Waals surface area contributed by atoms with Crippen molar-refractivity contribution in [2.75, 3.05) is 6.54 Å². The SMILES string of the molecule is CCC(C)CNC(=O)c1cc(Br)cn1C1CC1. The summed E-state index contributed by atoms with van der Waals surface area (Å²) in [6.45, 7) is 5.04. The van der Waals surface area contributed by atoms with Gasteiger partial charge in [0.2, 0.25) is 0 Å². The van der Waals surface area contributed by atoms with E-state index in [0.29, 0.717) is 12.0 Å². The highest BCUT2D eigenvalue weighted by atomic mass is 79.9. The lowest BCUT2D eigenvalue weighted by atomic mass is 10.1. The van der Waals surface area contributed by atoms with Crippen LogP contribution in [-0.2, 0) is 0 Å². The Balaban J connectivity index is 2.03. The summed E-state index contributed by atoms with van der Waals surface area (Å²) in [5.74, 6) is 0.578. The lowest BCUT2D eigenvalue weighted by molar-refractivity contribution is 0.0938. The third-order valence-corrected chi connectivity index (χ3v) is 3.73. The molecule has 2 rings (SSSR count). The molecule has 0 bridgehead atoms. The predicted octanol–water partition coefficient (Wildman–Crippen LogP) is 3.36. The first-order valence-electron chi connectivity index (χ1n) is 6.27. The number of amides is 1. The number of nitrogens with zero attached hydrogens (tertiary/aromatic N) is 1. The van der Waals surface area contributed by atoms with Crippen molar-refractivity contribution in [3.05, 3.63) is 22.4 Å². The van der Waals surface area contributed by atoms with Gasteiger partial charge in [-0.2, -0.15) is 0 Å². The van der Waals surface area contributed by atoms with Gasteiger partial charge in [0, 0.05) is 23.3 Å². The van der Waals surface area contributed by atoms with Crippen molar-refractivity contribution >= 4 is 21.8 Å². The molecule has 1 unspecified atom stereocenters. The summed E-state index contributed by atoms with van der Waals surface area (Å²) < 4.78 is 3.08. The van der Waals surface area contributed by atoms with Gasteiger partial charge in [0.25, 0.3) is 5.91 Å². The van der Waals surface area contributed by atoms with E-state index in [1.165, 1.54) is 12.8 Å². The Morgan fingerprint density at radius 1 is 1.65 bits per heavy atom. The summed E-state index contributed by atoms with van der Waals surface area (Å²) in [6.07, 6.45) is 5.48. The minimum absolute atomic E-state index is 0.0444. The number of carbonyl (C=O) groups is 1. The quantitative estimate of drug-likeness (QED) is 0.888. The van der Waals surface area contributed by atoms with Crippen LogP contribution in [0.25, 0.3) is 0 Å². The van der Waals surface area contributed by atoms with Crippen molar-refractivity contribution in [1.82, 2.24) is 9.88 Å². The summed E-state index contributed by atoms with van der Waals surface area (Å²) in [5, 5.41) is 3.01. The maximum atomic E-state index is 12.1. The molecule has 3 nitrogen and oxygen atoms in total. The smallest absolute Gasteiger partial charge is 0.267 e. The van der Waals surface area contributed by atoms with Gasteiger partial charge in [0.15, 0.2) is 0 Å². The second kappa shape index (κ2) is 5.25. The third kappa shape index (κ3) is 3.12. The van der Waals surface area contributed by atoms with E-state index < -0.39 is 0 Å². The highest BCUT2D eigenvalue weighted by Crippen LogP contribution is 2.37. The van der Waals surface area contributed by atoms with E-state index in [1.807, 2.05) is 12.3 Å². The molecule has 1 aromatic heterocycles. The Labute approximate surface area is 111 Å². The van der Waals surface area contributed by atoms with Crippen molar-refractivity contribution in [3.8, 4) is 0 Å². The molecule has 1 heterocycles. The van der Waals surface area contributed by atoms with Gasteiger partial charge < -0.3 is 9.88 Å². The van der Waals surface area contributed by atoms with Crippen LogP contribution >= 0.6 is 15.9 Å². The summed E-state index contributed by atoms with van der Waals surface area (Å²) >= 11 is 3.44. The van der Waals surface area contributed by atoms with Crippen LogP contribution in [0.4, 0.5) is 0 Å². The van der Waals surface area contributed by atoms with Crippen LogP contribution in [0.5, 0.6) is 0 Å². The van der Waals surface area contributed by atoms with Gasteiger partial charge in [-0.3, -0.25) is 4.79 Å². The van der Waals surface area contributed by atoms with Crippen LogP contribution in [-0.4, -0.2) is 17.0 Å². The number of halogens is 1. The van der Waals surface area contributed by atoms with Gasteiger partial charge in [-0.15, -0.1) is 0 Å². The molecule has 1 N–H and O–H groups in total. The molecular formula is C13H19BrN2O. The number of hydrogen-bond donors (Lipinski definition) is 1. The van der Waals surface area contributed by atoms with Gasteiger partial charge in [-0.25, -0.2) is 0 Å². The normalized spacial score (nSPS) is 16.9. The molecule has 0 aromatic carbocycles. The first-order valence-corrected chi connectivity index (χ1v) is 7.06. The molecule has 1 aliphatic carbocycles. The number of rotatable bonds is 5. The van der Waals surface area contributed by atoms with E-state index in [4.69, 9.17) is 0 Å². The van der Waals surface area contributed by atoms with Crippen LogP contribution in [0, 0.1) is 5.92 Å². The molecule has 0 radical (unpaired) electrons. The van der Waals surface area contributed by atoms with Crippen LogP contribution in [0.2, 0.25) is 0 Å². The zero-order chi connectivity index (χ0) is 12.4. The molecular weight excluding hydrogens is 280 g/mol. The molecule has 1 amide bonds. The highest BCUT2D eigenvalue weighted by Gasteiger charge is 2.27. The van der Waals surface area contributed by atoms with Crippen molar-refractivity contribution in [2.45, 2.75) is 39.2 Å². The topological polar surface area (TPSA) is 34.0 Å². The average Bonchev–Trinajstić information content (AvgIpc) is 3.09. The van der Waals surface area contributed by atoms with Gasteiger partial charge in [0.1, 0.15) is 5.69 Å². The highest BCUT2D eigenvalue weighted by molar-refractivity contribution is 9.10. The Kier molecular flexibility index (Phi) is 3.92. The van der Waals surface area contributed by atoms with E-state index in [1.54, 1.807) is 0 Å². The van der Waals surface area contributed by atoms with Crippen LogP contribution in [0.1, 0.15) is 49.6 Å². The van der Waals surface area contributed by atoms with Crippen molar-refractivity contribution in [2.24, 2.45) is 5.92 Å². The molecule has 1 aliphatic rings. The van der Waals surface area contributed by atoms with E-state index in [-0.39, 0.29) is 5.91 Å². The summed E-state index contributed by atoms with van der Waals surface area (Å²) in [7, 11) is 0. The maximum Gasteiger partial charge on any atom is 0.267 e. The molecule has 0 aliphatic heterocycles. The minimum atomic E-state index is 0.0444. The standard InChI is InChI=1S/C13H19BrN2O/c1-3-9(2)7-15-13(17)12-6-10(14)8-16(12)11-4-5-11/h6,8-9,11H,3-5,7H2,1-2H3,(H,15,17). The van der Waals surface area contributed by atoms with Gasteiger partial charge in [-0.05, 0) is 40.8 Å². The van der Waals surface area contributed by atoms with Gasteiger partial charge in [0.05, 0.1) is 0 Å². The summed E-state index contributed by atoms with van der Waals surface area (Å²) in [5.41, 5.74) is 0.780. The van der Waals surface area contributed by atoms with Gasteiger partial charge >= 0.3 is 0 Å². The predicted molar refractivity (Wildman–Crippen MR) is 72.2 cm³/mol. The largest absolute Gasteiger partial charge is 0.350 e. The third-order valence-electron chi connectivity index (χ3n) is 3.30. The Hall–Kier alpha value is -0.770. The minimum Gasteiger partial charge on any atom is -0.350 e. The number of carbonyl (C=O) groups excluding carboxylic acids is 1. The number of hydrogen-bond acceptors (Lipinski definition) is 1. The van der Waals surface area contributed by atoms with Crippen molar-refractivity contribution < 1.29 is 4.79 Å². The van der Waals surface area contributed by atoms with Gasteiger partial charge in [-0.1, -0.05) is 20.3 Å². The monoisotopic (exact) mass is 298 g/mol. The van der Waals surface area contributed by atoms with Crippen LogP contribution in [0.3, 0.4) is 0 Å². The summed E-state index contributed by atoms with van der Waals surface area (Å²) in [6, 6.07) is 2.44. The first kappa shape index (κ1) is 12.7. The molecule has 17 heavy (non-hydrogen) atoms. The van der Waals surface area contributed by atoms with Crippen molar-refractivity contribution in [1.29, 1.82) is 0 Å². The van der Waals surface area contributed by atoms with Crippen molar-refractivity contribution in [3.63, 3.8) is 0 Å². The fourth-order valence-electron chi connectivity index (χ4n) is 1.78. The fourth-order valence-corrected chi connectivity index (χ4v) is 2.22. The zero-order valence-corrected chi connectivity index (χ0v) is 12.0. The molecule has 1 aromatic rings. The lowest BCUT2D eigenvalue weighted by Crippen LogP contribution is -2.29. The van der Waals surface area contributed by atoms with E-state index in [0.717, 1.165) is 23.1 Å². The van der Waals surface area contributed by atoms with E-state index >= 15 is 0 Å². The molecule has 1 atom stereocenters. The molecule has 1 saturated carbocycles. The number of aromatic nitrogens is 1. The molecule has 0 spiro atoms. The fraction of sp³-hybridized carbons (Fsp3) is 0.615. The maximum absolute atomic E-state index is 12.1. The lowest BCUT2D eigenvalue weighted by Gasteiger charge is -2.11. The second-order valence-electron chi connectivity index (χ2n) is 4.91. The average molecular weight is 299 g/mol. The van der Waals surface area contributed by atoms with Crippen LogP contribution in [0.15, 0.2) is 16.7 Å². The zero-order valence-electron chi connectivity index (χ0n) is 10.4. The Morgan fingerprint density at radius 3 is 2.94 bits per heavy atom. The molecule has 94 valence electrons. The molecule has 0 saturated heterocycles. The van der Waals surface area contributed by atoms with E-state index in [2.05, 4.69) is 39.7 Å². The van der Waals surface area contributed by atoms with Crippen LogP contribution < -0.4 is 5.32 Å². The Morgan fingerprint density at radius 2 is 2.35 bits per heavy atom. The van der Waals surface area contributed by atoms with E-state index in [9.17, 15) is 4.79 Å².